The molecule has 4 aliphatic rings. The number of hydrogen-bond donors (Lipinski definition) is 1. The fourth-order valence-electron chi connectivity index (χ4n) is 7.79. The van der Waals surface area contributed by atoms with Gasteiger partial charge < -0.3 is 15.4 Å². The summed E-state index contributed by atoms with van der Waals surface area (Å²) in [6.07, 6.45) is 7.84. The van der Waals surface area contributed by atoms with Crippen molar-refractivity contribution in [3.63, 3.8) is 0 Å². The molecule has 1 N–H and O–H groups in total. The van der Waals surface area contributed by atoms with Crippen LogP contribution in [0.2, 0.25) is 15.1 Å². The molecule has 4 aliphatic carbocycles. The van der Waals surface area contributed by atoms with Crippen LogP contribution in [0.5, 0.6) is 0 Å². The van der Waals surface area contributed by atoms with Crippen molar-refractivity contribution in [2.75, 3.05) is 5.32 Å². The summed E-state index contributed by atoms with van der Waals surface area (Å²) in [5.74, 6) is 1.03. The van der Waals surface area contributed by atoms with Crippen LogP contribution in [0.1, 0.15) is 56.2 Å². The first-order chi connectivity index (χ1) is 18.1. The summed E-state index contributed by atoms with van der Waals surface area (Å²) in [5, 5.41) is 24.6. The number of benzene rings is 1. The Hall–Kier alpha value is -2.62. The molecule has 2 unspecified atom stereocenters. The first-order valence-electron chi connectivity index (χ1n) is 12.7. The van der Waals surface area contributed by atoms with Gasteiger partial charge in [0, 0.05) is 34.3 Å². The molecule has 4 fully saturated rings. The van der Waals surface area contributed by atoms with Crippen molar-refractivity contribution < 1.29 is 9.72 Å². The van der Waals surface area contributed by atoms with Crippen molar-refractivity contribution in [3.8, 4) is 0 Å². The quantitative estimate of drug-likeness (QED) is 0.250. The zero-order valence-electron chi connectivity index (χ0n) is 20.8. The Labute approximate surface area is 234 Å². The molecule has 200 valence electrons. The number of carbonyl (C=O) groups excluding carboxylic acids is 1. The predicted octanol–water partition coefficient (Wildman–Crippen LogP) is 6.63. The number of nitrogens with one attached hydrogen (secondary N) is 1. The second-order valence-electron chi connectivity index (χ2n) is 11.4. The lowest BCUT2D eigenvalue weighted by atomic mass is 9.46. The van der Waals surface area contributed by atoms with Crippen LogP contribution in [-0.2, 0) is 16.9 Å². The highest BCUT2D eigenvalue weighted by Gasteiger charge is 2.60. The van der Waals surface area contributed by atoms with E-state index in [0.29, 0.717) is 46.4 Å². The fraction of sp³-hybridized carbons (Fsp3) is 0.500. The molecule has 0 spiro atoms. The SMILES string of the molecule is Cc1c(Cl)c([N+](=O)[O-])nn1C12CC3CC(CC(CC(=O)Nc4ccn(Cc5c(Cl)cccc5Cl)n4)(C3)C1)C2. The van der Waals surface area contributed by atoms with Crippen LogP contribution in [0.3, 0.4) is 0 Å². The first kappa shape index (κ1) is 25.6. The van der Waals surface area contributed by atoms with Crippen LogP contribution in [-0.4, -0.2) is 30.4 Å². The summed E-state index contributed by atoms with van der Waals surface area (Å²) >= 11 is 18.9. The van der Waals surface area contributed by atoms with Crippen LogP contribution >= 0.6 is 34.8 Å². The van der Waals surface area contributed by atoms with E-state index in [9.17, 15) is 14.9 Å². The van der Waals surface area contributed by atoms with E-state index >= 15 is 0 Å². The summed E-state index contributed by atoms with van der Waals surface area (Å²) in [6.45, 7) is 2.19. The average Bonchev–Trinajstić information content (AvgIpc) is 3.39. The lowest BCUT2D eigenvalue weighted by Crippen LogP contribution is -2.57. The van der Waals surface area contributed by atoms with Gasteiger partial charge in [-0.3, -0.25) is 9.48 Å². The molecule has 38 heavy (non-hydrogen) atoms. The zero-order chi connectivity index (χ0) is 26.8. The summed E-state index contributed by atoms with van der Waals surface area (Å²) in [4.78, 5) is 24.3. The smallest absolute Gasteiger partial charge is 0.358 e. The maximum atomic E-state index is 13.3. The van der Waals surface area contributed by atoms with E-state index in [1.165, 1.54) is 0 Å². The van der Waals surface area contributed by atoms with Crippen molar-refractivity contribution in [1.82, 2.24) is 19.6 Å². The number of halogens is 3. The number of nitrogens with zero attached hydrogens (tertiary/aromatic N) is 5. The molecular formula is C26H27Cl3N6O3. The Morgan fingerprint density at radius 2 is 1.82 bits per heavy atom. The molecule has 3 aromatic rings. The monoisotopic (exact) mass is 576 g/mol. The first-order valence-corrected chi connectivity index (χ1v) is 13.9. The number of rotatable bonds is 7. The Balaban J connectivity index is 1.19. The molecule has 12 heteroatoms. The lowest BCUT2D eigenvalue weighted by molar-refractivity contribution is -0.389. The van der Waals surface area contributed by atoms with Gasteiger partial charge in [-0.05, 0) is 79.8 Å². The Bertz CT molecular complexity index is 1420. The minimum Gasteiger partial charge on any atom is -0.358 e. The van der Waals surface area contributed by atoms with Gasteiger partial charge in [0.05, 0.1) is 22.9 Å². The topological polar surface area (TPSA) is 108 Å². The summed E-state index contributed by atoms with van der Waals surface area (Å²) < 4.78 is 3.51. The third-order valence-corrected chi connectivity index (χ3v) is 9.78. The second kappa shape index (κ2) is 9.24. The molecule has 0 aliphatic heterocycles. The number of amides is 1. The Morgan fingerprint density at radius 3 is 2.45 bits per heavy atom. The second-order valence-corrected chi connectivity index (χ2v) is 12.6. The van der Waals surface area contributed by atoms with Crippen LogP contribution in [0.4, 0.5) is 11.6 Å². The van der Waals surface area contributed by atoms with Crippen LogP contribution < -0.4 is 5.32 Å². The van der Waals surface area contributed by atoms with E-state index in [4.69, 9.17) is 34.8 Å². The number of anilines is 1. The van der Waals surface area contributed by atoms with Gasteiger partial charge in [-0.1, -0.05) is 40.9 Å². The van der Waals surface area contributed by atoms with Crippen LogP contribution in [0.15, 0.2) is 30.5 Å². The standard InChI is InChI=1S/C26H27Cl3N6O3/c1-15-23(29)24(35(37)38)32-34(15)26-10-16-7-17(11-26)9-25(8-16,14-26)12-22(36)30-21-5-6-33(31-21)13-18-19(27)3-2-4-20(18)28/h2-6,16-17H,7-14H2,1H3,(H,30,31,36). The van der Waals surface area contributed by atoms with Crippen molar-refractivity contribution in [1.29, 1.82) is 0 Å². The number of hydrogen-bond acceptors (Lipinski definition) is 5. The third kappa shape index (κ3) is 4.38. The number of aromatic nitrogens is 4. The molecule has 1 aromatic carbocycles. The molecule has 0 saturated heterocycles. The third-order valence-electron chi connectivity index (χ3n) is 8.63. The van der Waals surface area contributed by atoms with Gasteiger partial charge in [0.25, 0.3) is 0 Å². The molecule has 1 amide bonds. The van der Waals surface area contributed by atoms with Gasteiger partial charge in [0.15, 0.2) is 10.8 Å². The predicted molar refractivity (Wildman–Crippen MR) is 145 cm³/mol. The van der Waals surface area contributed by atoms with Gasteiger partial charge in [-0.15, -0.1) is 0 Å². The molecule has 2 aromatic heterocycles. The minimum atomic E-state index is -0.519. The molecule has 9 nitrogen and oxygen atoms in total. The average molecular weight is 578 g/mol. The van der Waals surface area contributed by atoms with Gasteiger partial charge in [0.2, 0.25) is 5.91 Å². The zero-order valence-corrected chi connectivity index (χ0v) is 23.1. The van der Waals surface area contributed by atoms with Gasteiger partial charge in [-0.25, -0.2) is 0 Å². The maximum absolute atomic E-state index is 13.3. The molecule has 2 atom stereocenters. The van der Waals surface area contributed by atoms with E-state index < -0.39 is 4.92 Å². The maximum Gasteiger partial charge on any atom is 0.408 e. The van der Waals surface area contributed by atoms with E-state index in [2.05, 4.69) is 15.5 Å². The fourth-order valence-corrected chi connectivity index (χ4v) is 8.50. The molecule has 2 heterocycles. The summed E-state index contributed by atoms with van der Waals surface area (Å²) in [5.41, 5.74) is 0.873. The molecule has 4 saturated carbocycles. The molecular weight excluding hydrogens is 551 g/mol. The van der Waals surface area contributed by atoms with E-state index in [-0.39, 0.29) is 27.7 Å². The highest BCUT2D eigenvalue weighted by atomic mass is 35.5. The van der Waals surface area contributed by atoms with Crippen LogP contribution in [0, 0.1) is 34.3 Å². The number of carbonyl (C=O) groups is 1. The minimum absolute atomic E-state index is 0.0793. The summed E-state index contributed by atoms with van der Waals surface area (Å²) in [6, 6.07) is 7.12. The highest BCUT2D eigenvalue weighted by Crippen LogP contribution is 2.65. The number of nitro groups is 1. The van der Waals surface area contributed by atoms with Crippen molar-refractivity contribution in [3.05, 3.63) is 66.9 Å². The largest absolute Gasteiger partial charge is 0.408 e. The Morgan fingerprint density at radius 1 is 1.13 bits per heavy atom. The lowest BCUT2D eigenvalue weighted by Gasteiger charge is -2.61. The normalized spacial score (nSPS) is 27.6. The van der Waals surface area contributed by atoms with E-state index in [1.807, 2.05) is 4.68 Å². The molecule has 7 rings (SSSR count). The van der Waals surface area contributed by atoms with Crippen molar-refractivity contribution >= 4 is 52.3 Å². The van der Waals surface area contributed by atoms with Gasteiger partial charge in [-0.2, -0.15) is 9.78 Å². The molecule has 4 bridgehead atoms. The van der Waals surface area contributed by atoms with E-state index in [1.54, 1.807) is 42.1 Å². The van der Waals surface area contributed by atoms with Gasteiger partial charge >= 0.3 is 5.82 Å². The van der Waals surface area contributed by atoms with Crippen molar-refractivity contribution in [2.45, 2.75) is 64.0 Å². The van der Waals surface area contributed by atoms with Crippen molar-refractivity contribution in [2.24, 2.45) is 17.3 Å². The van der Waals surface area contributed by atoms with Gasteiger partial charge in [0.1, 0.15) is 0 Å². The van der Waals surface area contributed by atoms with Crippen LogP contribution in [0.25, 0.3) is 0 Å². The highest BCUT2D eigenvalue weighted by molar-refractivity contribution is 6.36. The summed E-state index contributed by atoms with van der Waals surface area (Å²) in [7, 11) is 0. The Kier molecular flexibility index (Phi) is 6.24. The van der Waals surface area contributed by atoms with E-state index in [0.717, 1.165) is 44.1 Å². The molecule has 0 radical (unpaired) electrons.